The molecule has 0 aliphatic carbocycles. The minimum Gasteiger partial charge on any atom is -0.440 e. The van der Waals surface area contributed by atoms with Crippen LogP contribution < -0.4 is 5.32 Å². The first-order chi connectivity index (χ1) is 7.47. The first kappa shape index (κ1) is 12.3. The van der Waals surface area contributed by atoms with Crippen LogP contribution in [0.2, 0.25) is 0 Å². The van der Waals surface area contributed by atoms with Gasteiger partial charge in [-0.1, -0.05) is 6.07 Å². The normalized spacial score (nSPS) is 10.9. The van der Waals surface area contributed by atoms with Gasteiger partial charge >= 0.3 is 12.3 Å². The van der Waals surface area contributed by atoms with Gasteiger partial charge in [0.1, 0.15) is 0 Å². The maximum atomic E-state index is 11.7. The van der Waals surface area contributed by atoms with Crippen LogP contribution in [0.3, 0.4) is 0 Å². The summed E-state index contributed by atoms with van der Waals surface area (Å²) in [7, 11) is 0. The molecule has 0 spiro atoms. The van der Waals surface area contributed by atoms with E-state index in [-0.39, 0.29) is 6.54 Å². The third kappa shape index (κ3) is 5.18. The van der Waals surface area contributed by atoms with Gasteiger partial charge in [0.25, 0.3) is 0 Å². The van der Waals surface area contributed by atoms with E-state index >= 15 is 0 Å². The van der Waals surface area contributed by atoms with Crippen LogP contribution >= 0.6 is 0 Å². The first-order valence-corrected chi connectivity index (χ1v) is 4.35. The van der Waals surface area contributed by atoms with E-state index in [1.165, 1.54) is 6.20 Å². The largest absolute Gasteiger partial charge is 0.440 e. The number of hydrogen-bond acceptors (Lipinski definition) is 3. The molecule has 16 heavy (non-hydrogen) atoms. The summed E-state index contributed by atoms with van der Waals surface area (Å²) in [6.07, 6.45) is -4.12. The number of halogens is 3. The van der Waals surface area contributed by atoms with E-state index in [4.69, 9.17) is 0 Å². The number of alkyl carbamates (subject to hydrolysis) is 1. The second-order valence-electron chi connectivity index (χ2n) is 2.87. The van der Waals surface area contributed by atoms with Gasteiger partial charge in [-0.05, 0) is 12.1 Å². The zero-order valence-corrected chi connectivity index (χ0v) is 8.12. The third-order valence-corrected chi connectivity index (χ3v) is 1.51. The lowest BCUT2D eigenvalue weighted by Gasteiger charge is -2.08. The van der Waals surface area contributed by atoms with Crippen molar-refractivity contribution < 1.29 is 22.7 Å². The molecular weight excluding hydrogens is 225 g/mol. The molecule has 1 amide bonds. The van der Waals surface area contributed by atoms with Crippen molar-refractivity contribution in [3.05, 3.63) is 30.1 Å². The standard InChI is InChI=1S/C9H9F3N2O2/c10-9(11,12)6-16-8(15)14-5-7-3-1-2-4-13-7/h1-4H,5-6H2,(H,14,15). The van der Waals surface area contributed by atoms with E-state index in [9.17, 15) is 18.0 Å². The van der Waals surface area contributed by atoms with Crippen LogP contribution in [0.15, 0.2) is 24.4 Å². The van der Waals surface area contributed by atoms with Gasteiger partial charge in [-0.15, -0.1) is 0 Å². The summed E-state index contributed by atoms with van der Waals surface area (Å²) in [6.45, 7) is -1.57. The van der Waals surface area contributed by atoms with E-state index < -0.39 is 18.9 Å². The number of rotatable bonds is 3. The molecule has 0 atom stereocenters. The third-order valence-electron chi connectivity index (χ3n) is 1.51. The number of pyridine rings is 1. The minimum absolute atomic E-state index is 0.0253. The molecule has 0 fully saturated rings. The van der Waals surface area contributed by atoms with Crippen LogP contribution in [0, 0.1) is 0 Å². The monoisotopic (exact) mass is 234 g/mol. The zero-order valence-electron chi connectivity index (χ0n) is 8.12. The average molecular weight is 234 g/mol. The Labute approximate surface area is 89.4 Å². The highest BCUT2D eigenvalue weighted by molar-refractivity contribution is 5.67. The Morgan fingerprint density at radius 3 is 2.75 bits per heavy atom. The summed E-state index contributed by atoms with van der Waals surface area (Å²) in [5.74, 6) is 0. The number of nitrogens with zero attached hydrogens (tertiary/aromatic N) is 1. The number of ether oxygens (including phenoxy) is 1. The van der Waals surface area contributed by atoms with Crippen LogP contribution in [0.25, 0.3) is 0 Å². The van der Waals surface area contributed by atoms with Crippen LogP contribution in [0.4, 0.5) is 18.0 Å². The lowest BCUT2D eigenvalue weighted by molar-refractivity contribution is -0.160. The van der Waals surface area contributed by atoms with Crippen molar-refractivity contribution in [2.24, 2.45) is 0 Å². The fraction of sp³-hybridized carbons (Fsp3) is 0.333. The molecule has 0 saturated heterocycles. The number of carbonyl (C=O) groups excluding carboxylic acids is 1. The number of hydrogen-bond donors (Lipinski definition) is 1. The zero-order chi connectivity index (χ0) is 12.0. The topological polar surface area (TPSA) is 51.2 Å². The van der Waals surface area contributed by atoms with Gasteiger partial charge in [-0.25, -0.2) is 4.79 Å². The molecule has 0 unspecified atom stereocenters. The number of alkyl halides is 3. The molecule has 0 radical (unpaired) electrons. The van der Waals surface area contributed by atoms with E-state index in [1.54, 1.807) is 18.2 Å². The molecule has 88 valence electrons. The van der Waals surface area contributed by atoms with E-state index in [0.717, 1.165) is 0 Å². The molecular formula is C9H9F3N2O2. The smallest absolute Gasteiger partial charge is 0.422 e. The predicted molar refractivity (Wildman–Crippen MR) is 48.5 cm³/mol. The van der Waals surface area contributed by atoms with Crippen LogP contribution in [-0.4, -0.2) is 23.9 Å². The number of nitrogens with one attached hydrogen (secondary N) is 1. The lowest BCUT2D eigenvalue weighted by Crippen LogP contribution is -2.28. The Balaban J connectivity index is 2.26. The fourth-order valence-corrected chi connectivity index (χ4v) is 0.864. The number of aromatic nitrogens is 1. The summed E-state index contributed by atoms with van der Waals surface area (Å²) in [5, 5.41) is 2.15. The molecule has 0 aliphatic heterocycles. The highest BCUT2D eigenvalue weighted by Gasteiger charge is 2.29. The van der Waals surface area contributed by atoms with Crippen LogP contribution in [0.1, 0.15) is 5.69 Å². The van der Waals surface area contributed by atoms with E-state index in [0.29, 0.717) is 5.69 Å². The van der Waals surface area contributed by atoms with Gasteiger partial charge < -0.3 is 10.1 Å². The van der Waals surface area contributed by atoms with Crippen molar-refractivity contribution >= 4 is 6.09 Å². The summed E-state index contributed by atoms with van der Waals surface area (Å²) in [6, 6.07) is 5.01. The summed E-state index contributed by atoms with van der Waals surface area (Å²) in [4.78, 5) is 14.7. The molecule has 0 saturated carbocycles. The molecule has 7 heteroatoms. The van der Waals surface area contributed by atoms with Gasteiger partial charge in [0.2, 0.25) is 0 Å². The van der Waals surface area contributed by atoms with Gasteiger partial charge in [0, 0.05) is 6.20 Å². The van der Waals surface area contributed by atoms with Crippen molar-refractivity contribution in [2.75, 3.05) is 6.61 Å². The molecule has 1 aromatic rings. The van der Waals surface area contributed by atoms with Crippen molar-refractivity contribution in [3.63, 3.8) is 0 Å². The second kappa shape index (κ2) is 5.34. The van der Waals surface area contributed by atoms with Crippen molar-refractivity contribution in [2.45, 2.75) is 12.7 Å². The lowest BCUT2D eigenvalue weighted by atomic mass is 10.3. The molecule has 1 rings (SSSR count). The highest BCUT2D eigenvalue weighted by atomic mass is 19.4. The maximum Gasteiger partial charge on any atom is 0.422 e. The van der Waals surface area contributed by atoms with Crippen LogP contribution in [0.5, 0.6) is 0 Å². The summed E-state index contributed by atoms with van der Waals surface area (Å²) >= 11 is 0. The fourth-order valence-electron chi connectivity index (χ4n) is 0.864. The highest BCUT2D eigenvalue weighted by Crippen LogP contribution is 2.14. The molecule has 0 bridgehead atoms. The molecule has 0 aliphatic rings. The first-order valence-electron chi connectivity index (χ1n) is 4.35. The summed E-state index contributed by atoms with van der Waals surface area (Å²) < 4.78 is 38.9. The van der Waals surface area contributed by atoms with Crippen molar-refractivity contribution in [1.29, 1.82) is 0 Å². The van der Waals surface area contributed by atoms with Gasteiger partial charge in [-0.3, -0.25) is 4.98 Å². The van der Waals surface area contributed by atoms with Crippen molar-refractivity contribution in [1.82, 2.24) is 10.3 Å². The maximum absolute atomic E-state index is 11.7. The Morgan fingerprint density at radius 2 is 2.19 bits per heavy atom. The molecule has 4 nitrogen and oxygen atoms in total. The molecule has 0 aromatic carbocycles. The van der Waals surface area contributed by atoms with Gasteiger partial charge in [-0.2, -0.15) is 13.2 Å². The number of carbonyl (C=O) groups is 1. The Hall–Kier alpha value is -1.79. The molecule has 1 heterocycles. The van der Waals surface area contributed by atoms with Gasteiger partial charge in [0.05, 0.1) is 12.2 Å². The minimum atomic E-state index is -4.51. The number of amides is 1. The SMILES string of the molecule is O=C(NCc1ccccn1)OCC(F)(F)F. The average Bonchev–Trinajstić information content (AvgIpc) is 2.24. The predicted octanol–water partition coefficient (Wildman–Crippen LogP) is 1.87. The molecule has 1 N–H and O–H groups in total. The summed E-state index contributed by atoms with van der Waals surface area (Å²) in [5.41, 5.74) is 0.534. The second-order valence-corrected chi connectivity index (χ2v) is 2.87. The van der Waals surface area contributed by atoms with Crippen molar-refractivity contribution in [3.8, 4) is 0 Å². The Kier molecular flexibility index (Phi) is 4.10. The van der Waals surface area contributed by atoms with E-state index in [2.05, 4.69) is 15.0 Å². The Morgan fingerprint density at radius 1 is 1.44 bits per heavy atom. The quantitative estimate of drug-likeness (QED) is 0.868. The van der Waals surface area contributed by atoms with E-state index in [1.807, 2.05) is 0 Å². The Bertz CT molecular complexity index is 340. The van der Waals surface area contributed by atoms with Crippen LogP contribution in [-0.2, 0) is 11.3 Å². The van der Waals surface area contributed by atoms with Gasteiger partial charge in [0.15, 0.2) is 6.61 Å². The molecule has 1 aromatic heterocycles.